The molecule has 0 aromatic heterocycles. The molecule has 3 rings (SSSR count). The molecule has 0 aliphatic carbocycles. The minimum Gasteiger partial charge on any atom is -0.379 e. The minimum atomic E-state index is 0. The van der Waals surface area contributed by atoms with Crippen molar-refractivity contribution >= 4 is 35.6 Å². The highest BCUT2D eigenvalue weighted by atomic mass is 127. The summed E-state index contributed by atoms with van der Waals surface area (Å²) in [7, 11) is 4.13. The van der Waals surface area contributed by atoms with E-state index in [0.717, 1.165) is 58.4 Å². The molecule has 1 unspecified atom stereocenters. The van der Waals surface area contributed by atoms with Crippen LogP contribution in [0.5, 0.6) is 0 Å². The summed E-state index contributed by atoms with van der Waals surface area (Å²) in [6, 6.07) is 9.28. The maximum absolute atomic E-state index is 5.49. The third kappa shape index (κ3) is 6.22. The largest absolute Gasteiger partial charge is 0.379 e. The monoisotopic (exact) mass is 487 g/mol. The number of nitrogens with one attached hydrogen (secondary N) is 1. The zero-order valence-electron chi connectivity index (χ0n) is 16.9. The number of hydrogen-bond acceptors (Lipinski definition) is 4. The van der Waals surface area contributed by atoms with E-state index in [1.54, 1.807) is 0 Å². The van der Waals surface area contributed by atoms with Crippen LogP contribution in [0, 0.1) is 0 Å². The average molecular weight is 487 g/mol. The van der Waals surface area contributed by atoms with Crippen molar-refractivity contribution in [2.45, 2.75) is 25.9 Å². The number of hydrogen-bond donors (Lipinski definition) is 1. The normalized spacial score (nSPS) is 21.1. The average Bonchev–Trinajstić information content (AvgIpc) is 3.16. The van der Waals surface area contributed by atoms with Crippen LogP contribution >= 0.6 is 24.0 Å². The second-order valence-electron chi connectivity index (χ2n) is 7.27. The van der Waals surface area contributed by atoms with Gasteiger partial charge in [-0.3, -0.25) is 4.90 Å². The summed E-state index contributed by atoms with van der Waals surface area (Å²) < 4.78 is 5.49. The zero-order chi connectivity index (χ0) is 18.4. The first-order valence-electron chi connectivity index (χ1n) is 9.78. The molecule has 2 aliphatic rings. The molecule has 0 spiro atoms. The van der Waals surface area contributed by atoms with Crippen molar-refractivity contribution in [3.63, 3.8) is 0 Å². The fourth-order valence-electron chi connectivity index (χ4n) is 3.67. The number of benzene rings is 1. The Morgan fingerprint density at radius 1 is 1.19 bits per heavy atom. The molecular weight excluding hydrogens is 453 g/mol. The van der Waals surface area contributed by atoms with Gasteiger partial charge >= 0.3 is 0 Å². The molecule has 0 bridgehead atoms. The van der Waals surface area contributed by atoms with Crippen LogP contribution in [0.25, 0.3) is 0 Å². The lowest BCUT2D eigenvalue weighted by Gasteiger charge is -2.32. The molecule has 0 radical (unpaired) electrons. The van der Waals surface area contributed by atoms with E-state index in [0.29, 0.717) is 6.04 Å². The van der Waals surface area contributed by atoms with Gasteiger partial charge in [0.25, 0.3) is 0 Å². The molecule has 152 valence electrons. The molecule has 1 N–H and O–H groups in total. The zero-order valence-corrected chi connectivity index (χ0v) is 19.2. The molecule has 1 atom stereocenters. The summed E-state index contributed by atoms with van der Waals surface area (Å²) in [6.45, 7) is 9.75. The van der Waals surface area contributed by atoms with Crippen LogP contribution in [0.3, 0.4) is 0 Å². The maximum atomic E-state index is 5.49. The lowest BCUT2D eigenvalue weighted by molar-refractivity contribution is 0.0195. The smallest absolute Gasteiger partial charge is 0.194 e. The maximum Gasteiger partial charge on any atom is 0.194 e. The van der Waals surface area contributed by atoms with E-state index in [9.17, 15) is 0 Å². The van der Waals surface area contributed by atoms with Crippen molar-refractivity contribution in [3.05, 3.63) is 29.8 Å². The third-order valence-corrected chi connectivity index (χ3v) is 5.22. The summed E-state index contributed by atoms with van der Waals surface area (Å²) in [5.74, 6) is 1.04. The first-order chi connectivity index (χ1) is 12.7. The molecular formula is C20H34IN5O. The van der Waals surface area contributed by atoms with Gasteiger partial charge in [-0.05, 0) is 31.0 Å². The molecule has 2 saturated heterocycles. The van der Waals surface area contributed by atoms with Gasteiger partial charge < -0.3 is 19.9 Å². The summed E-state index contributed by atoms with van der Waals surface area (Å²) in [5, 5.41) is 3.47. The second-order valence-corrected chi connectivity index (χ2v) is 7.27. The fourth-order valence-corrected chi connectivity index (χ4v) is 3.67. The van der Waals surface area contributed by atoms with E-state index < -0.39 is 0 Å². The summed E-state index contributed by atoms with van der Waals surface area (Å²) in [5.41, 5.74) is 2.47. The van der Waals surface area contributed by atoms with Gasteiger partial charge in [0.15, 0.2) is 5.96 Å². The lowest BCUT2D eigenvalue weighted by atomic mass is 10.2. The first-order valence-corrected chi connectivity index (χ1v) is 9.78. The van der Waals surface area contributed by atoms with Crippen molar-refractivity contribution in [2.75, 3.05) is 64.9 Å². The summed E-state index contributed by atoms with van der Waals surface area (Å²) >= 11 is 0. The van der Waals surface area contributed by atoms with Gasteiger partial charge in [-0.1, -0.05) is 12.1 Å². The quantitative estimate of drug-likeness (QED) is 0.392. The van der Waals surface area contributed by atoms with E-state index >= 15 is 0 Å². The molecule has 2 heterocycles. The highest BCUT2D eigenvalue weighted by Gasteiger charge is 2.30. The Balaban J connectivity index is 0.00000261. The Morgan fingerprint density at radius 3 is 2.52 bits per heavy atom. The van der Waals surface area contributed by atoms with E-state index in [1.807, 2.05) is 0 Å². The Morgan fingerprint density at radius 2 is 1.89 bits per heavy atom. The minimum absolute atomic E-state index is 0. The molecule has 1 aromatic carbocycles. The van der Waals surface area contributed by atoms with Crippen molar-refractivity contribution in [3.8, 4) is 0 Å². The van der Waals surface area contributed by atoms with Crippen molar-refractivity contribution < 1.29 is 4.74 Å². The van der Waals surface area contributed by atoms with Crippen LogP contribution in [-0.4, -0.2) is 81.8 Å². The topological polar surface area (TPSA) is 43.3 Å². The second kappa shape index (κ2) is 11.1. The highest BCUT2D eigenvalue weighted by molar-refractivity contribution is 14.0. The predicted molar refractivity (Wildman–Crippen MR) is 123 cm³/mol. The molecule has 6 nitrogen and oxygen atoms in total. The lowest BCUT2D eigenvalue weighted by Crippen LogP contribution is -2.46. The van der Waals surface area contributed by atoms with Crippen molar-refractivity contribution in [2.24, 2.45) is 4.99 Å². The number of likely N-dealkylation sites (tertiary alicyclic amines) is 1. The van der Waals surface area contributed by atoms with E-state index in [-0.39, 0.29) is 24.0 Å². The summed E-state index contributed by atoms with van der Waals surface area (Å²) in [6.07, 6.45) is 1.21. The Labute approximate surface area is 181 Å². The Kier molecular flexibility index (Phi) is 9.11. The van der Waals surface area contributed by atoms with Crippen molar-refractivity contribution in [1.82, 2.24) is 15.1 Å². The van der Waals surface area contributed by atoms with E-state index in [2.05, 4.69) is 65.3 Å². The summed E-state index contributed by atoms with van der Waals surface area (Å²) in [4.78, 5) is 12.0. The molecule has 2 fully saturated rings. The van der Waals surface area contributed by atoms with Gasteiger partial charge in [0, 0.05) is 58.5 Å². The molecule has 1 aromatic rings. The van der Waals surface area contributed by atoms with Gasteiger partial charge in [-0.2, -0.15) is 0 Å². The van der Waals surface area contributed by atoms with Crippen LogP contribution in [0.2, 0.25) is 0 Å². The molecule has 0 saturated carbocycles. The fraction of sp³-hybridized carbons (Fsp3) is 0.650. The molecule has 7 heteroatoms. The number of anilines is 1. The Bertz CT molecular complexity index is 587. The highest BCUT2D eigenvalue weighted by Crippen LogP contribution is 2.18. The number of morpholine rings is 1. The third-order valence-electron chi connectivity index (χ3n) is 5.22. The molecule has 27 heavy (non-hydrogen) atoms. The molecule has 2 aliphatic heterocycles. The van der Waals surface area contributed by atoms with Crippen molar-refractivity contribution in [1.29, 1.82) is 0 Å². The molecule has 0 amide bonds. The number of rotatable bonds is 5. The van der Waals surface area contributed by atoms with Gasteiger partial charge in [0.2, 0.25) is 0 Å². The number of ether oxygens (including phenoxy) is 1. The number of guanidine groups is 1. The van der Waals surface area contributed by atoms with Crippen LogP contribution in [0.4, 0.5) is 5.69 Å². The number of halogens is 1. The number of nitrogens with zero attached hydrogens (tertiary/aromatic N) is 4. The van der Waals surface area contributed by atoms with E-state index in [1.165, 1.54) is 17.7 Å². The Hall–Kier alpha value is -1.06. The van der Waals surface area contributed by atoms with Gasteiger partial charge in [0.1, 0.15) is 0 Å². The first kappa shape index (κ1) is 22.2. The van der Waals surface area contributed by atoms with E-state index in [4.69, 9.17) is 9.73 Å². The SMILES string of the molecule is CCNC(=NCc1ccc(N(C)C)cc1)N1CCC(N2CCOCC2)C1.I. The standard InChI is InChI=1S/C20H33N5O.HI/c1-4-21-20(22-15-17-5-7-18(8-6-17)23(2)3)25-10-9-19(16-25)24-11-13-26-14-12-24;/h5-8,19H,4,9-16H2,1-3H3,(H,21,22);1H. The van der Waals surface area contributed by atoms with Crippen LogP contribution in [-0.2, 0) is 11.3 Å². The van der Waals surface area contributed by atoms with Gasteiger partial charge in [-0.25, -0.2) is 4.99 Å². The van der Waals surface area contributed by atoms with Gasteiger partial charge in [0.05, 0.1) is 19.8 Å². The van der Waals surface area contributed by atoms with Crippen LogP contribution in [0.1, 0.15) is 18.9 Å². The number of aliphatic imine (C=N–C) groups is 1. The van der Waals surface area contributed by atoms with Crippen LogP contribution in [0.15, 0.2) is 29.3 Å². The van der Waals surface area contributed by atoms with Gasteiger partial charge in [-0.15, -0.1) is 24.0 Å². The predicted octanol–water partition coefficient (Wildman–Crippen LogP) is 2.24. The van der Waals surface area contributed by atoms with Crippen LogP contribution < -0.4 is 10.2 Å².